The largest absolute Gasteiger partial charge is 0.492 e. The van der Waals surface area contributed by atoms with Crippen LogP contribution in [0.2, 0.25) is 0 Å². The molecule has 2 N–H and O–H groups in total. The quantitative estimate of drug-likeness (QED) is 0.827. The van der Waals surface area contributed by atoms with E-state index in [4.69, 9.17) is 9.84 Å². The lowest BCUT2D eigenvalue weighted by atomic mass is 10.00. The Kier molecular flexibility index (Phi) is 4.20. The van der Waals surface area contributed by atoms with Gasteiger partial charge in [-0.3, -0.25) is 4.79 Å². The fraction of sp³-hybridized carbons (Fsp3) is 0.500. The van der Waals surface area contributed by atoms with Crippen LogP contribution < -0.4 is 10.1 Å². The number of amides is 1. The van der Waals surface area contributed by atoms with Crippen molar-refractivity contribution in [3.8, 4) is 5.75 Å². The summed E-state index contributed by atoms with van der Waals surface area (Å²) >= 11 is 0. The highest BCUT2D eigenvalue weighted by Gasteiger charge is 2.29. The minimum atomic E-state index is -0.206. The normalized spacial score (nSPS) is 18.9. The predicted molar refractivity (Wildman–Crippen MR) is 68.6 cm³/mol. The summed E-state index contributed by atoms with van der Waals surface area (Å²) in [7, 11) is 0. The van der Waals surface area contributed by atoms with Gasteiger partial charge in [0, 0.05) is 18.7 Å². The van der Waals surface area contributed by atoms with Gasteiger partial charge in [-0.2, -0.15) is 0 Å². The number of ether oxygens (including phenoxy) is 1. The first-order valence-corrected chi connectivity index (χ1v) is 6.32. The summed E-state index contributed by atoms with van der Waals surface area (Å²) in [6.07, 6.45) is 0.706. The van der Waals surface area contributed by atoms with E-state index in [1.807, 2.05) is 31.2 Å². The van der Waals surface area contributed by atoms with E-state index >= 15 is 0 Å². The molecule has 2 unspecified atom stereocenters. The molecule has 0 radical (unpaired) electrons. The molecular formula is C14H19NO3. The van der Waals surface area contributed by atoms with Crippen molar-refractivity contribution in [1.82, 2.24) is 5.32 Å². The molecule has 2 rings (SSSR count). The number of carbonyl (C=O) groups is 1. The van der Waals surface area contributed by atoms with Gasteiger partial charge < -0.3 is 15.2 Å². The van der Waals surface area contributed by atoms with Crippen LogP contribution in [-0.2, 0) is 4.79 Å². The monoisotopic (exact) mass is 249 g/mol. The fourth-order valence-corrected chi connectivity index (χ4v) is 2.10. The number of aliphatic hydroxyl groups excluding tert-OH is 1. The molecule has 0 saturated carbocycles. The molecule has 1 amide bonds. The molecule has 98 valence electrons. The van der Waals surface area contributed by atoms with Gasteiger partial charge in [-0.25, -0.2) is 0 Å². The second-order valence-corrected chi connectivity index (χ2v) is 4.76. The van der Waals surface area contributed by atoms with Gasteiger partial charge in [0.25, 0.3) is 0 Å². The Morgan fingerprint density at radius 2 is 2.33 bits per heavy atom. The van der Waals surface area contributed by atoms with E-state index in [-0.39, 0.29) is 24.3 Å². The van der Waals surface area contributed by atoms with Crippen molar-refractivity contribution in [3.63, 3.8) is 0 Å². The molecule has 0 aliphatic carbocycles. The first-order chi connectivity index (χ1) is 8.72. The summed E-state index contributed by atoms with van der Waals surface area (Å²) in [5.41, 5.74) is 0.963. The molecule has 1 heterocycles. The zero-order chi connectivity index (χ0) is 13.0. The van der Waals surface area contributed by atoms with Crippen molar-refractivity contribution in [3.05, 3.63) is 29.8 Å². The van der Waals surface area contributed by atoms with Crippen LogP contribution in [0.3, 0.4) is 0 Å². The molecule has 1 aliphatic heterocycles. The van der Waals surface area contributed by atoms with Crippen LogP contribution in [0.4, 0.5) is 0 Å². The summed E-state index contributed by atoms with van der Waals surface area (Å²) in [5, 5.41) is 11.7. The van der Waals surface area contributed by atoms with Crippen LogP contribution in [0, 0.1) is 5.92 Å². The molecule has 0 bridgehead atoms. The SMILES string of the molecule is CC(CCO)CNC(=O)C1COc2ccccc21. The average molecular weight is 249 g/mol. The number of carbonyl (C=O) groups excluding carboxylic acids is 1. The molecule has 1 aliphatic rings. The maximum Gasteiger partial charge on any atom is 0.231 e. The van der Waals surface area contributed by atoms with Crippen molar-refractivity contribution in [2.45, 2.75) is 19.3 Å². The lowest BCUT2D eigenvalue weighted by molar-refractivity contribution is -0.122. The zero-order valence-electron chi connectivity index (χ0n) is 10.6. The molecular weight excluding hydrogens is 230 g/mol. The maximum absolute atomic E-state index is 12.1. The van der Waals surface area contributed by atoms with E-state index in [1.54, 1.807) is 0 Å². The van der Waals surface area contributed by atoms with Crippen LogP contribution in [0.1, 0.15) is 24.8 Å². The fourth-order valence-electron chi connectivity index (χ4n) is 2.10. The van der Waals surface area contributed by atoms with Gasteiger partial charge in [0.15, 0.2) is 0 Å². The lowest BCUT2D eigenvalue weighted by Gasteiger charge is -2.14. The molecule has 18 heavy (non-hydrogen) atoms. The van der Waals surface area contributed by atoms with Crippen molar-refractivity contribution >= 4 is 5.91 Å². The van der Waals surface area contributed by atoms with E-state index in [2.05, 4.69) is 5.32 Å². The van der Waals surface area contributed by atoms with Crippen LogP contribution in [-0.4, -0.2) is 30.8 Å². The van der Waals surface area contributed by atoms with Gasteiger partial charge in [-0.15, -0.1) is 0 Å². The molecule has 0 fully saturated rings. The van der Waals surface area contributed by atoms with Crippen molar-refractivity contribution < 1.29 is 14.6 Å². The second-order valence-electron chi connectivity index (χ2n) is 4.76. The van der Waals surface area contributed by atoms with Gasteiger partial charge >= 0.3 is 0 Å². The van der Waals surface area contributed by atoms with Crippen molar-refractivity contribution in [1.29, 1.82) is 0 Å². The Morgan fingerprint density at radius 1 is 1.56 bits per heavy atom. The standard InChI is InChI=1S/C14H19NO3/c1-10(6-7-16)8-15-14(17)12-9-18-13-5-3-2-4-11(12)13/h2-5,10,12,16H,6-9H2,1H3,(H,15,17). The average Bonchev–Trinajstić information content (AvgIpc) is 2.80. The Hall–Kier alpha value is -1.55. The zero-order valence-corrected chi connectivity index (χ0v) is 10.6. The third kappa shape index (κ3) is 2.82. The number of nitrogens with one attached hydrogen (secondary N) is 1. The molecule has 0 aromatic heterocycles. The third-order valence-corrected chi connectivity index (χ3v) is 3.26. The minimum absolute atomic E-state index is 0.00439. The highest BCUT2D eigenvalue weighted by Crippen LogP contribution is 2.33. The number of benzene rings is 1. The molecule has 4 nitrogen and oxygen atoms in total. The van der Waals surface area contributed by atoms with Crippen molar-refractivity contribution in [2.75, 3.05) is 19.8 Å². The summed E-state index contributed by atoms with van der Waals surface area (Å²) in [4.78, 5) is 12.1. The molecule has 1 aromatic carbocycles. The number of rotatable bonds is 5. The Bertz CT molecular complexity index is 419. The maximum atomic E-state index is 12.1. The molecule has 0 saturated heterocycles. The topological polar surface area (TPSA) is 58.6 Å². The highest BCUT2D eigenvalue weighted by atomic mass is 16.5. The lowest BCUT2D eigenvalue weighted by Crippen LogP contribution is -2.33. The molecule has 2 atom stereocenters. The highest BCUT2D eigenvalue weighted by molar-refractivity contribution is 5.85. The van der Waals surface area contributed by atoms with E-state index in [1.165, 1.54) is 0 Å². The van der Waals surface area contributed by atoms with Gasteiger partial charge in [0.1, 0.15) is 18.3 Å². The second kappa shape index (κ2) is 5.87. The summed E-state index contributed by atoms with van der Waals surface area (Å²) < 4.78 is 5.49. The van der Waals surface area contributed by atoms with E-state index in [0.29, 0.717) is 19.6 Å². The Labute approximate surface area is 107 Å². The summed E-state index contributed by atoms with van der Waals surface area (Å²) in [6.45, 7) is 3.18. The van der Waals surface area contributed by atoms with Gasteiger partial charge in [-0.1, -0.05) is 25.1 Å². The first kappa shape index (κ1) is 12.9. The predicted octanol–water partition coefficient (Wildman–Crippen LogP) is 1.30. The van der Waals surface area contributed by atoms with Gasteiger partial charge in [0.05, 0.1) is 0 Å². The van der Waals surface area contributed by atoms with E-state index in [0.717, 1.165) is 11.3 Å². The number of para-hydroxylation sites is 1. The number of fused-ring (bicyclic) bond motifs is 1. The third-order valence-electron chi connectivity index (χ3n) is 3.26. The van der Waals surface area contributed by atoms with Crippen LogP contribution in [0.15, 0.2) is 24.3 Å². The van der Waals surface area contributed by atoms with E-state index < -0.39 is 0 Å². The smallest absolute Gasteiger partial charge is 0.231 e. The Balaban J connectivity index is 1.91. The molecule has 1 aromatic rings. The van der Waals surface area contributed by atoms with Crippen LogP contribution >= 0.6 is 0 Å². The minimum Gasteiger partial charge on any atom is -0.492 e. The summed E-state index contributed by atoms with van der Waals surface area (Å²) in [6, 6.07) is 7.64. The molecule has 0 spiro atoms. The van der Waals surface area contributed by atoms with Crippen LogP contribution in [0.5, 0.6) is 5.75 Å². The van der Waals surface area contributed by atoms with Gasteiger partial charge in [-0.05, 0) is 18.4 Å². The van der Waals surface area contributed by atoms with Gasteiger partial charge in [0.2, 0.25) is 5.91 Å². The first-order valence-electron chi connectivity index (χ1n) is 6.32. The van der Waals surface area contributed by atoms with Crippen LogP contribution in [0.25, 0.3) is 0 Å². The molecule has 4 heteroatoms. The van der Waals surface area contributed by atoms with E-state index in [9.17, 15) is 4.79 Å². The number of hydrogen-bond donors (Lipinski definition) is 2. The number of aliphatic hydroxyl groups is 1. The summed E-state index contributed by atoms with van der Waals surface area (Å²) in [5.74, 6) is 0.893. The van der Waals surface area contributed by atoms with Crippen molar-refractivity contribution in [2.24, 2.45) is 5.92 Å². The number of hydrogen-bond acceptors (Lipinski definition) is 3. The Morgan fingerprint density at radius 3 is 3.11 bits per heavy atom.